The van der Waals surface area contributed by atoms with Crippen molar-refractivity contribution in [2.24, 2.45) is 0 Å². The Kier molecular flexibility index (Phi) is 5.25. The van der Waals surface area contributed by atoms with E-state index in [2.05, 4.69) is 0 Å². The van der Waals surface area contributed by atoms with E-state index in [0.29, 0.717) is 35.0 Å². The molecule has 140 valence electrons. The number of fused-ring (bicyclic) bond motifs is 1. The summed E-state index contributed by atoms with van der Waals surface area (Å²) in [5, 5.41) is 20.9. The van der Waals surface area contributed by atoms with Crippen LogP contribution in [0.15, 0.2) is 30.3 Å². The van der Waals surface area contributed by atoms with Crippen molar-refractivity contribution >= 4 is 0 Å². The molecule has 0 radical (unpaired) electrons. The molecule has 3 atom stereocenters. The van der Waals surface area contributed by atoms with E-state index in [1.54, 1.807) is 34.5 Å². The number of aliphatic hydroxyl groups excluding tert-OH is 2. The Labute approximate surface area is 152 Å². The predicted octanol–water partition coefficient (Wildman–Crippen LogP) is 2.65. The molecule has 3 rings (SSSR count). The van der Waals surface area contributed by atoms with Crippen LogP contribution in [0.4, 0.5) is 0 Å². The fraction of sp³-hybridized carbons (Fsp3) is 0.400. The quantitative estimate of drug-likeness (QED) is 0.854. The van der Waals surface area contributed by atoms with E-state index < -0.39 is 12.2 Å². The second-order valence-electron chi connectivity index (χ2n) is 6.25. The second kappa shape index (κ2) is 7.43. The van der Waals surface area contributed by atoms with Crippen LogP contribution in [-0.4, -0.2) is 44.8 Å². The summed E-state index contributed by atoms with van der Waals surface area (Å²) < 4.78 is 21.5. The zero-order valence-electron chi connectivity index (χ0n) is 15.4. The standard InChI is InChI=1S/C20H24O6/c1-23-16-6-5-11(7-17(16)24-2)12-8-15(21)20(22)14-10-19(26-4)18(25-3)9-13(12)14/h5-7,9-10,12,15,20-22H,8H2,1-4H3. The van der Waals surface area contributed by atoms with Gasteiger partial charge in [-0.15, -0.1) is 0 Å². The average Bonchev–Trinajstić information content (AvgIpc) is 2.69. The molecule has 0 heterocycles. The second-order valence-corrected chi connectivity index (χ2v) is 6.25. The van der Waals surface area contributed by atoms with E-state index in [-0.39, 0.29) is 5.92 Å². The van der Waals surface area contributed by atoms with Crippen molar-refractivity contribution in [1.29, 1.82) is 0 Å². The minimum Gasteiger partial charge on any atom is -0.493 e. The third-order valence-corrected chi connectivity index (χ3v) is 4.93. The Hall–Kier alpha value is -2.44. The number of hydrogen-bond donors (Lipinski definition) is 2. The van der Waals surface area contributed by atoms with Crippen LogP contribution >= 0.6 is 0 Å². The SMILES string of the molecule is COc1ccc(C2CC(O)C(O)c3cc(OC)c(OC)cc32)cc1OC. The fourth-order valence-electron chi connectivity index (χ4n) is 3.56. The molecule has 2 N–H and O–H groups in total. The lowest BCUT2D eigenvalue weighted by molar-refractivity contribution is 0.00268. The first-order chi connectivity index (χ1) is 12.5. The van der Waals surface area contributed by atoms with Crippen LogP contribution in [0.25, 0.3) is 0 Å². The van der Waals surface area contributed by atoms with Crippen molar-refractivity contribution in [3.8, 4) is 23.0 Å². The van der Waals surface area contributed by atoms with E-state index in [1.807, 2.05) is 24.3 Å². The maximum Gasteiger partial charge on any atom is 0.161 e. The van der Waals surface area contributed by atoms with Crippen LogP contribution < -0.4 is 18.9 Å². The molecule has 6 nitrogen and oxygen atoms in total. The summed E-state index contributed by atoms with van der Waals surface area (Å²) in [4.78, 5) is 0. The summed E-state index contributed by atoms with van der Waals surface area (Å²) >= 11 is 0. The molecule has 0 saturated carbocycles. The van der Waals surface area contributed by atoms with Gasteiger partial charge in [-0.2, -0.15) is 0 Å². The zero-order chi connectivity index (χ0) is 18.8. The summed E-state index contributed by atoms with van der Waals surface area (Å²) in [5.41, 5.74) is 2.50. The third-order valence-electron chi connectivity index (χ3n) is 4.93. The van der Waals surface area contributed by atoms with E-state index in [0.717, 1.165) is 11.1 Å². The van der Waals surface area contributed by atoms with Gasteiger partial charge in [0.1, 0.15) is 6.10 Å². The molecule has 1 aliphatic carbocycles. The van der Waals surface area contributed by atoms with Crippen molar-refractivity contribution in [2.75, 3.05) is 28.4 Å². The van der Waals surface area contributed by atoms with Gasteiger partial charge in [-0.1, -0.05) is 6.07 Å². The summed E-state index contributed by atoms with van der Waals surface area (Å²) in [7, 11) is 6.29. The Morgan fingerprint density at radius 3 is 1.85 bits per heavy atom. The predicted molar refractivity (Wildman–Crippen MR) is 96.5 cm³/mol. The highest BCUT2D eigenvalue weighted by Gasteiger charge is 2.35. The Morgan fingerprint density at radius 1 is 0.731 bits per heavy atom. The Balaban J connectivity index is 2.14. The molecular formula is C20H24O6. The van der Waals surface area contributed by atoms with E-state index in [9.17, 15) is 10.2 Å². The first-order valence-corrected chi connectivity index (χ1v) is 8.37. The van der Waals surface area contributed by atoms with Crippen LogP contribution in [-0.2, 0) is 0 Å². The molecule has 2 aromatic rings. The number of methoxy groups -OCH3 is 4. The van der Waals surface area contributed by atoms with Crippen LogP contribution in [0.5, 0.6) is 23.0 Å². The van der Waals surface area contributed by atoms with Gasteiger partial charge in [-0.3, -0.25) is 0 Å². The van der Waals surface area contributed by atoms with Gasteiger partial charge >= 0.3 is 0 Å². The summed E-state index contributed by atoms with van der Waals surface area (Å²) in [6.45, 7) is 0. The third kappa shape index (κ3) is 3.06. The average molecular weight is 360 g/mol. The molecule has 1 aliphatic rings. The number of rotatable bonds is 5. The van der Waals surface area contributed by atoms with E-state index in [1.165, 1.54) is 0 Å². The Bertz CT molecular complexity index is 788. The number of aliphatic hydroxyl groups is 2. The lowest BCUT2D eigenvalue weighted by atomic mass is 9.76. The summed E-state index contributed by atoms with van der Waals surface area (Å²) in [6.07, 6.45) is -1.46. The molecule has 0 spiro atoms. The molecule has 26 heavy (non-hydrogen) atoms. The van der Waals surface area contributed by atoms with Crippen molar-refractivity contribution in [1.82, 2.24) is 0 Å². The van der Waals surface area contributed by atoms with Gasteiger partial charge in [0.05, 0.1) is 34.5 Å². The highest BCUT2D eigenvalue weighted by molar-refractivity contribution is 5.54. The Morgan fingerprint density at radius 2 is 1.27 bits per heavy atom. The summed E-state index contributed by atoms with van der Waals surface area (Å²) in [5.74, 6) is 2.24. The monoisotopic (exact) mass is 360 g/mol. The minimum atomic E-state index is -0.971. The lowest BCUT2D eigenvalue weighted by Gasteiger charge is -2.34. The number of benzene rings is 2. The first-order valence-electron chi connectivity index (χ1n) is 8.37. The molecule has 0 amide bonds. The topological polar surface area (TPSA) is 77.4 Å². The van der Waals surface area contributed by atoms with Crippen molar-refractivity contribution in [3.63, 3.8) is 0 Å². The smallest absolute Gasteiger partial charge is 0.161 e. The minimum absolute atomic E-state index is 0.122. The van der Waals surface area contributed by atoms with Gasteiger partial charge in [-0.05, 0) is 47.4 Å². The van der Waals surface area contributed by atoms with Crippen LogP contribution in [0, 0.1) is 0 Å². The van der Waals surface area contributed by atoms with E-state index >= 15 is 0 Å². The molecule has 0 bridgehead atoms. The van der Waals surface area contributed by atoms with Gasteiger partial charge in [0.15, 0.2) is 23.0 Å². The van der Waals surface area contributed by atoms with Crippen LogP contribution in [0.2, 0.25) is 0 Å². The van der Waals surface area contributed by atoms with Crippen LogP contribution in [0.1, 0.15) is 35.1 Å². The molecule has 0 aliphatic heterocycles. The first kappa shape index (κ1) is 18.4. The fourth-order valence-corrected chi connectivity index (χ4v) is 3.56. The van der Waals surface area contributed by atoms with Crippen LogP contribution in [0.3, 0.4) is 0 Å². The van der Waals surface area contributed by atoms with Crippen molar-refractivity contribution in [3.05, 3.63) is 47.0 Å². The van der Waals surface area contributed by atoms with Crippen molar-refractivity contribution in [2.45, 2.75) is 24.5 Å². The molecule has 3 unspecified atom stereocenters. The van der Waals surface area contributed by atoms with Gasteiger partial charge < -0.3 is 29.2 Å². The largest absolute Gasteiger partial charge is 0.493 e. The molecule has 0 fully saturated rings. The maximum atomic E-state index is 10.5. The van der Waals surface area contributed by atoms with Gasteiger partial charge in [-0.25, -0.2) is 0 Å². The molecular weight excluding hydrogens is 336 g/mol. The zero-order valence-corrected chi connectivity index (χ0v) is 15.4. The molecule has 6 heteroatoms. The highest BCUT2D eigenvalue weighted by atomic mass is 16.5. The van der Waals surface area contributed by atoms with Gasteiger partial charge in [0.2, 0.25) is 0 Å². The van der Waals surface area contributed by atoms with E-state index in [4.69, 9.17) is 18.9 Å². The molecule has 2 aromatic carbocycles. The summed E-state index contributed by atoms with van der Waals surface area (Å²) in [6, 6.07) is 9.27. The lowest BCUT2D eigenvalue weighted by Crippen LogP contribution is -2.28. The number of ether oxygens (including phenoxy) is 4. The van der Waals surface area contributed by atoms with Crippen molar-refractivity contribution < 1.29 is 29.2 Å². The maximum absolute atomic E-state index is 10.5. The highest BCUT2D eigenvalue weighted by Crippen LogP contribution is 2.46. The normalized spacial score (nSPS) is 21.7. The van der Waals surface area contributed by atoms with Gasteiger partial charge in [0.25, 0.3) is 0 Å². The molecule has 0 aromatic heterocycles. The number of hydrogen-bond acceptors (Lipinski definition) is 6. The van der Waals surface area contributed by atoms with Gasteiger partial charge in [0, 0.05) is 5.92 Å². The molecule has 0 saturated heterocycles.